The van der Waals surface area contributed by atoms with Crippen LogP contribution in [-0.4, -0.2) is 38.1 Å². The van der Waals surface area contributed by atoms with Gasteiger partial charge >= 0.3 is 0 Å². The molecule has 0 aliphatic carbocycles. The Morgan fingerprint density at radius 3 is 2.09 bits per heavy atom. The second-order valence-corrected chi connectivity index (χ2v) is 7.67. The molecule has 1 N–H and O–H groups in total. The van der Waals surface area contributed by atoms with Gasteiger partial charge in [-0.15, -0.1) is 0 Å². The second kappa shape index (κ2) is 9.61. The second-order valence-electron chi connectivity index (χ2n) is 7.67. The summed E-state index contributed by atoms with van der Waals surface area (Å²) in [5.41, 5.74) is 1.51. The van der Waals surface area contributed by atoms with Crippen molar-refractivity contribution in [1.29, 1.82) is 5.26 Å². The molecule has 1 unspecified atom stereocenters. The van der Waals surface area contributed by atoms with Gasteiger partial charge < -0.3 is 19.3 Å². The first-order valence-electron chi connectivity index (χ1n) is 10.6. The van der Waals surface area contributed by atoms with Gasteiger partial charge in [-0.2, -0.15) is 5.26 Å². The number of hydrogen-bond donors (Lipinski definition) is 1. The van der Waals surface area contributed by atoms with E-state index in [2.05, 4.69) is 0 Å². The van der Waals surface area contributed by atoms with Gasteiger partial charge in [0.1, 0.15) is 23.0 Å². The SMILES string of the molecule is COc1ccc(C2/C(=C(\O)c3cc(OC)ccc3OC)C(=O)C(=O)N2c2ccc(C#N)cc2)cc1. The van der Waals surface area contributed by atoms with Crippen LogP contribution in [0.1, 0.15) is 22.7 Å². The lowest BCUT2D eigenvalue weighted by Gasteiger charge is -2.25. The van der Waals surface area contributed by atoms with Gasteiger partial charge in [-0.25, -0.2) is 0 Å². The number of ketones is 1. The van der Waals surface area contributed by atoms with Crippen LogP contribution >= 0.6 is 0 Å². The summed E-state index contributed by atoms with van der Waals surface area (Å²) in [6, 6.07) is 19.1. The fraction of sp³-hybridized carbons (Fsp3) is 0.148. The van der Waals surface area contributed by atoms with Crippen molar-refractivity contribution in [3.05, 3.63) is 89.0 Å². The van der Waals surface area contributed by atoms with Crippen molar-refractivity contribution in [2.24, 2.45) is 0 Å². The number of amides is 1. The third-order valence-corrected chi connectivity index (χ3v) is 5.81. The van der Waals surface area contributed by atoms with Gasteiger partial charge in [0.25, 0.3) is 11.7 Å². The molecular weight excluding hydrogens is 448 g/mol. The molecule has 0 bridgehead atoms. The molecule has 0 spiro atoms. The molecule has 0 radical (unpaired) electrons. The summed E-state index contributed by atoms with van der Waals surface area (Å²) in [5.74, 6) is -0.706. The molecule has 3 aromatic rings. The Balaban J connectivity index is 1.96. The molecule has 0 aromatic heterocycles. The van der Waals surface area contributed by atoms with Crippen LogP contribution in [0.4, 0.5) is 5.69 Å². The van der Waals surface area contributed by atoms with Crippen molar-refractivity contribution < 1.29 is 28.9 Å². The number of nitriles is 1. The van der Waals surface area contributed by atoms with E-state index in [1.54, 1.807) is 60.7 Å². The van der Waals surface area contributed by atoms with Gasteiger partial charge in [0, 0.05) is 5.69 Å². The normalized spacial score (nSPS) is 16.6. The molecule has 1 aliphatic heterocycles. The maximum atomic E-state index is 13.3. The lowest BCUT2D eigenvalue weighted by atomic mass is 9.94. The molecule has 1 heterocycles. The van der Waals surface area contributed by atoms with Gasteiger partial charge in [-0.3, -0.25) is 14.5 Å². The van der Waals surface area contributed by atoms with Crippen LogP contribution in [0.3, 0.4) is 0 Å². The minimum absolute atomic E-state index is 0.101. The van der Waals surface area contributed by atoms with Crippen LogP contribution in [0.2, 0.25) is 0 Å². The molecule has 8 heteroatoms. The first-order chi connectivity index (χ1) is 16.9. The maximum Gasteiger partial charge on any atom is 0.300 e. The van der Waals surface area contributed by atoms with E-state index in [1.807, 2.05) is 6.07 Å². The molecule has 35 heavy (non-hydrogen) atoms. The summed E-state index contributed by atoms with van der Waals surface area (Å²) in [6.45, 7) is 0. The fourth-order valence-electron chi connectivity index (χ4n) is 4.04. The maximum absolute atomic E-state index is 13.3. The first-order valence-corrected chi connectivity index (χ1v) is 10.6. The third-order valence-electron chi connectivity index (χ3n) is 5.81. The Morgan fingerprint density at radius 1 is 0.886 bits per heavy atom. The molecule has 1 atom stereocenters. The van der Waals surface area contributed by atoms with Crippen LogP contribution in [0.25, 0.3) is 5.76 Å². The molecule has 1 amide bonds. The number of aliphatic hydroxyl groups excluding tert-OH is 1. The molecule has 1 aliphatic rings. The molecule has 1 fully saturated rings. The van der Waals surface area contributed by atoms with Gasteiger partial charge in [0.05, 0.1) is 50.1 Å². The smallest absolute Gasteiger partial charge is 0.300 e. The van der Waals surface area contributed by atoms with Crippen molar-refractivity contribution in [3.63, 3.8) is 0 Å². The van der Waals surface area contributed by atoms with Gasteiger partial charge in [0.15, 0.2) is 0 Å². The Morgan fingerprint density at radius 2 is 1.51 bits per heavy atom. The van der Waals surface area contributed by atoms with Crippen molar-refractivity contribution in [3.8, 4) is 23.3 Å². The summed E-state index contributed by atoms with van der Waals surface area (Å²) in [5, 5.41) is 20.5. The van der Waals surface area contributed by atoms with E-state index >= 15 is 0 Å². The van der Waals surface area contributed by atoms with Crippen molar-refractivity contribution in [2.75, 3.05) is 26.2 Å². The topological polar surface area (TPSA) is 109 Å². The summed E-state index contributed by atoms with van der Waals surface area (Å²) < 4.78 is 15.9. The number of ether oxygens (including phenoxy) is 3. The molecule has 8 nitrogen and oxygen atoms in total. The molecule has 0 saturated carbocycles. The van der Waals surface area contributed by atoms with Gasteiger partial charge in [0.2, 0.25) is 0 Å². The number of benzene rings is 3. The average Bonchev–Trinajstić information content (AvgIpc) is 3.17. The monoisotopic (exact) mass is 470 g/mol. The molecule has 4 rings (SSSR count). The predicted molar refractivity (Wildman–Crippen MR) is 128 cm³/mol. The number of Topliss-reactive ketones (excluding diaryl/α,β-unsaturated/α-hetero) is 1. The van der Waals surface area contributed by atoms with E-state index in [0.29, 0.717) is 34.1 Å². The minimum Gasteiger partial charge on any atom is -0.507 e. The highest BCUT2D eigenvalue weighted by molar-refractivity contribution is 6.51. The molecule has 176 valence electrons. The number of methoxy groups -OCH3 is 3. The number of aliphatic hydroxyl groups is 1. The highest BCUT2D eigenvalue weighted by atomic mass is 16.5. The summed E-state index contributed by atoms with van der Waals surface area (Å²) in [6.07, 6.45) is 0. The number of anilines is 1. The third kappa shape index (κ3) is 4.15. The number of hydrogen-bond acceptors (Lipinski definition) is 7. The summed E-state index contributed by atoms with van der Waals surface area (Å²) in [7, 11) is 4.45. The zero-order chi connectivity index (χ0) is 25.1. The van der Waals surface area contributed by atoms with E-state index in [1.165, 1.54) is 32.3 Å². The van der Waals surface area contributed by atoms with Crippen molar-refractivity contribution >= 4 is 23.1 Å². The number of carbonyl (C=O) groups excluding carboxylic acids is 2. The summed E-state index contributed by atoms with van der Waals surface area (Å²) >= 11 is 0. The summed E-state index contributed by atoms with van der Waals surface area (Å²) in [4.78, 5) is 27.9. The van der Waals surface area contributed by atoms with E-state index in [-0.39, 0.29) is 11.1 Å². The van der Waals surface area contributed by atoms with Crippen LogP contribution in [0.15, 0.2) is 72.3 Å². The zero-order valence-electron chi connectivity index (χ0n) is 19.3. The Kier molecular flexibility index (Phi) is 6.42. The average molecular weight is 470 g/mol. The van der Waals surface area contributed by atoms with Crippen LogP contribution in [0, 0.1) is 11.3 Å². The minimum atomic E-state index is -0.940. The number of rotatable bonds is 6. The lowest BCUT2D eigenvalue weighted by Crippen LogP contribution is -2.29. The highest BCUT2D eigenvalue weighted by Gasteiger charge is 2.47. The van der Waals surface area contributed by atoms with Crippen LogP contribution in [0.5, 0.6) is 17.2 Å². The highest BCUT2D eigenvalue weighted by Crippen LogP contribution is 2.44. The Labute approximate surface area is 202 Å². The largest absolute Gasteiger partial charge is 0.507 e. The standard InChI is InChI=1S/C27H22N2O6/c1-33-19-10-6-17(7-11-19)24-23(25(30)21-14-20(34-2)12-13-22(21)35-3)26(31)27(32)29(24)18-8-4-16(15-28)5-9-18/h4-14,24,30H,1-3H3/b25-23+. The molecule has 1 saturated heterocycles. The van der Waals surface area contributed by atoms with E-state index < -0.39 is 23.5 Å². The first kappa shape index (κ1) is 23.4. The van der Waals surface area contributed by atoms with Crippen molar-refractivity contribution in [1.82, 2.24) is 0 Å². The van der Waals surface area contributed by atoms with Crippen molar-refractivity contribution in [2.45, 2.75) is 6.04 Å². The van der Waals surface area contributed by atoms with Crippen LogP contribution < -0.4 is 19.1 Å². The predicted octanol–water partition coefficient (Wildman–Crippen LogP) is 4.21. The lowest BCUT2D eigenvalue weighted by molar-refractivity contribution is -0.132. The number of carbonyl (C=O) groups is 2. The quantitative estimate of drug-likeness (QED) is 0.326. The van der Waals surface area contributed by atoms with Gasteiger partial charge in [-0.05, 0) is 60.2 Å². The Hall–Kier alpha value is -4.77. The van der Waals surface area contributed by atoms with E-state index in [0.717, 1.165) is 0 Å². The zero-order valence-corrected chi connectivity index (χ0v) is 19.3. The fourth-order valence-corrected chi connectivity index (χ4v) is 4.04. The molecular formula is C27H22N2O6. The van der Waals surface area contributed by atoms with E-state index in [4.69, 9.17) is 19.5 Å². The van der Waals surface area contributed by atoms with Gasteiger partial charge in [-0.1, -0.05) is 12.1 Å². The van der Waals surface area contributed by atoms with E-state index in [9.17, 15) is 14.7 Å². The number of nitrogens with zero attached hydrogens (tertiary/aromatic N) is 2. The Bertz CT molecular complexity index is 1350. The van der Waals surface area contributed by atoms with Crippen LogP contribution in [-0.2, 0) is 9.59 Å². The molecule has 3 aromatic carbocycles.